The van der Waals surface area contributed by atoms with E-state index in [1.54, 1.807) is 0 Å². The lowest BCUT2D eigenvalue weighted by molar-refractivity contribution is 0.197. The number of anilines is 1. The molecule has 1 aromatic carbocycles. The van der Waals surface area contributed by atoms with Crippen LogP contribution in [0.4, 0.5) is 5.82 Å². The van der Waals surface area contributed by atoms with Crippen LogP contribution in [-0.4, -0.2) is 50.7 Å². The van der Waals surface area contributed by atoms with Gasteiger partial charge in [-0.05, 0) is 24.7 Å². The highest BCUT2D eigenvalue weighted by Crippen LogP contribution is 2.25. The van der Waals surface area contributed by atoms with Crippen molar-refractivity contribution >= 4 is 11.5 Å². The number of nitrogens with zero attached hydrogens (tertiary/aromatic N) is 7. The Morgan fingerprint density at radius 2 is 2.00 bits per heavy atom. The summed E-state index contributed by atoms with van der Waals surface area (Å²) in [4.78, 5) is 9.13. The number of rotatable bonds is 5. The lowest BCUT2D eigenvalue weighted by Crippen LogP contribution is -2.58. The van der Waals surface area contributed by atoms with E-state index in [4.69, 9.17) is 5.26 Å². The number of benzene rings is 1. The molecule has 0 aliphatic carbocycles. The van der Waals surface area contributed by atoms with Crippen molar-refractivity contribution in [1.82, 2.24) is 24.5 Å². The van der Waals surface area contributed by atoms with E-state index in [0.717, 1.165) is 43.3 Å². The molecule has 1 fully saturated rings. The lowest BCUT2D eigenvalue weighted by atomic mass is 10.1. The van der Waals surface area contributed by atoms with Crippen LogP contribution in [0.25, 0.3) is 5.65 Å². The smallest absolute Gasteiger partial charge is 0.203 e. The molecule has 4 rings (SSSR count). The van der Waals surface area contributed by atoms with Crippen molar-refractivity contribution in [2.24, 2.45) is 0 Å². The van der Waals surface area contributed by atoms with E-state index >= 15 is 0 Å². The molecule has 7 heteroatoms. The van der Waals surface area contributed by atoms with Gasteiger partial charge in [-0.25, -0.2) is 4.98 Å². The van der Waals surface area contributed by atoms with Gasteiger partial charge in [-0.3, -0.25) is 9.30 Å². The Morgan fingerprint density at radius 3 is 2.69 bits per heavy atom. The van der Waals surface area contributed by atoms with Gasteiger partial charge >= 0.3 is 0 Å². The van der Waals surface area contributed by atoms with Gasteiger partial charge in [0, 0.05) is 44.5 Å². The van der Waals surface area contributed by atoms with Crippen molar-refractivity contribution in [3.8, 4) is 6.07 Å². The highest BCUT2D eigenvalue weighted by Gasteiger charge is 2.32. The predicted octanol–water partition coefficient (Wildman–Crippen LogP) is 1.88. The van der Waals surface area contributed by atoms with E-state index < -0.39 is 0 Å². The summed E-state index contributed by atoms with van der Waals surface area (Å²) in [5, 5.41) is 17.5. The standard InChI is InChI=1S/C19H21N7/c1-3-17-22-23-19-18(21-8-9-26(17)19)25-12-16(13-25)24(2)11-15-6-4-14(10-20)5-7-15/h4-9,16H,3,11-13H2,1-2H3. The Kier molecular flexibility index (Phi) is 4.27. The molecular formula is C19H21N7. The molecule has 1 saturated heterocycles. The zero-order chi connectivity index (χ0) is 18.1. The van der Waals surface area contributed by atoms with E-state index in [2.05, 4.69) is 45.0 Å². The number of hydrogen-bond acceptors (Lipinski definition) is 6. The van der Waals surface area contributed by atoms with Gasteiger partial charge in [0.05, 0.1) is 11.6 Å². The first-order valence-corrected chi connectivity index (χ1v) is 8.82. The van der Waals surface area contributed by atoms with Crippen LogP contribution >= 0.6 is 0 Å². The Bertz CT molecular complexity index is 948. The summed E-state index contributed by atoms with van der Waals surface area (Å²) in [6.45, 7) is 4.79. The molecule has 0 saturated carbocycles. The van der Waals surface area contributed by atoms with Crippen molar-refractivity contribution in [2.45, 2.75) is 25.9 Å². The molecule has 132 valence electrons. The Balaban J connectivity index is 1.42. The number of hydrogen-bond donors (Lipinski definition) is 0. The molecular weight excluding hydrogens is 326 g/mol. The fourth-order valence-corrected chi connectivity index (χ4v) is 3.33. The summed E-state index contributed by atoms with van der Waals surface area (Å²) in [6, 6.07) is 10.4. The highest BCUT2D eigenvalue weighted by molar-refractivity contribution is 5.65. The maximum absolute atomic E-state index is 8.89. The van der Waals surface area contributed by atoms with E-state index in [9.17, 15) is 0 Å². The minimum absolute atomic E-state index is 0.473. The third-order valence-corrected chi connectivity index (χ3v) is 5.00. The number of aryl methyl sites for hydroxylation is 1. The Labute approximate surface area is 152 Å². The Morgan fingerprint density at radius 1 is 1.23 bits per heavy atom. The zero-order valence-electron chi connectivity index (χ0n) is 15.0. The summed E-state index contributed by atoms with van der Waals surface area (Å²) in [5.74, 6) is 1.86. The van der Waals surface area contributed by atoms with Gasteiger partial charge < -0.3 is 4.90 Å². The predicted molar refractivity (Wildman–Crippen MR) is 98.8 cm³/mol. The summed E-state index contributed by atoms with van der Waals surface area (Å²) < 4.78 is 2.02. The molecule has 0 atom stereocenters. The molecule has 0 bridgehead atoms. The fraction of sp³-hybridized carbons (Fsp3) is 0.368. The molecule has 26 heavy (non-hydrogen) atoms. The number of aromatic nitrogens is 4. The average Bonchev–Trinajstić information content (AvgIpc) is 3.05. The monoisotopic (exact) mass is 347 g/mol. The van der Waals surface area contributed by atoms with Gasteiger partial charge in [-0.2, -0.15) is 5.26 Å². The van der Waals surface area contributed by atoms with Crippen LogP contribution in [0.3, 0.4) is 0 Å². The molecule has 0 radical (unpaired) electrons. The third kappa shape index (κ3) is 2.89. The van der Waals surface area contributed by atoms with Crippen molar-refractivity contribution in [3.63, 3.8) is 0 Å². The molecule has 0 amide bonds. The summed E-state index contributed by atoms with van der Waals surface area (Å²) in [7, 11) is 2.14. The van der Waals surface area contributed by atoms with Gasteiger partial charge in [0.1, 0.15) is 5.82 Å². The molecule has 2 aromatic heterocycles. The summed E-state index contributed by atoms with van der Waals surface area (Å²) >= 11 is 0. The molecule has 1 aliphatic rings. The lowest BCUT2D eigenvalue weighted by Gasteiger charge is -2.44. The summed E-state index contributed by atoms with van der Waals surface area (Å²) in [6.07, 6.45) is 4.59. The first-order chi connectivity index (χ1) is 12.7. The Hall–Kier alpha value is -2.98. The topological polar surface area (TPSA) is 73.3 Å². The van der Waals surface area contributed by atoms with Crippen LogP contribution in [0.5, 0.6) is 0 Å². The molecule has 1 aliphatic heterocycles. The van der Waals surface area contributed by atoms with Gasteiger partial charge in [0.2, 0.25) is 5.65 Å². The minimum Gasteiger partial charge on any atom is -0.350 e. The van der Waals surface area contributed by atoms with Crippen molar-refractivity contribution in [2.75, 3.05) is 25.0 Å². The van der Waals surface area contributed by atoms with Gasteiger partial charge in [-0.15, -0.1) is 10.2 Å². The second kappa shape index (κ2) is 6.73. The van der Waals surface area contributed by atoms with Crippen LogP contribution in [-0.2, 0) is 13.0 Å². The van der Waals surface area contributed by atoms with Crippen LogP contribution in [0.15, 0.2) is 36.7 Å². The first-order valence-electron chi connectivity index (χ1n) is 8.82. The van der Waals surface area contributed by atoms with Crippen molar-refractivity contribution in [1.29, 1.82) is 5.26 Å². The number of fused-ring (bicyclic) bond motifs is 1. The van der Waals surface area contributed by atoms with Crippen molar-refractivity contribution < 1.29 is 0 Å². The van der Waals surface area contributed by atoms with Crippen molar-refractivity contribution in [3.05, 3.63) is 53.6 Å². The molecule has 0 N–H and O–H groups in total. The molecule has 3 aromatic rings. The van der Waals surface area contributed by atoms with Gasteiger partial charge in [-0.1, -0.05) is 19.1 Å². The van der Waals surface area contributed by atoms with Gasteiger partial charge in [0.15, 0.2) is 5.82 Å². The van der Waals surface area contributed by atoms with E-state index in [-0.39, 0.29) is 0 Å². The molecule has 3 heterocycles. The summed E-state index contributed by atoms with van der Waals surface area (Å²) in [5.41, 5.74) is 2.75. The number of likely N-dealkylation sites (N-methyl/N-ethyl adjacent to an activating group) is 1. The number of nitriles is 1. The van der Waals surface area contributed by atoms with E-state index in [1.165, 1.54) is 5.56 Å². The maximum atomic E-state index is 8.89. The fourth-order valence-electron chi connectivity index (χ4n) is 3.33. The second-order valence-electron chi connectivity index (χ2n) is 6.70. The first kappa shape index (κ1) is 16.5. The van der Waals surface area contributed by atoms with Crippen LogP contribution in [0.2, 0.25) is 0 Å². The zero-order valence-corrected chi connectivity index (χ0v) is 15.0. The average molecular weight is 347 g/mol. The molecule has 7 nitrogen and oxygen atoms in total. The van der Waals surface area contributed by atoms with Crippen LogP contribution in [0.1, 0.15) is 23.9 Å². The second-order valence-corrected chi connectivity index (χ2v) is 6.70. The SMILES string of the molecule is CCc1nnc2c(N3CC(N(C)Cc4ccc(C#N)cc4)C3)nccn12. The maximum Gasteiger partial charge on any atom is 0.203 e. The van der Waals surface area contributed by atoms with Crippen LogP contribution in [0, 0.1) is 11.3 Å². The third-order valence-electron chi connectivity index (χ3n) is 5.00. The van der Waals surface area contributed by atoms with Crippen LogP contribution < -0.4 is 4.90 Å². The molecule has 0 spiro atoms. The largest absolute Gasteiger partial charge is 0.350 e. The quantitative estimate of drug-likeness (QED) is 0.702. The molecule has 0 unspecified atom stereocenters. The van der Waals surface area contributed by atoms with Gasteiger partial charge in [0.25, 0.3) is 0 Å². The normalized spacial score (nSPS) is 14.6. The minimum atomic E-state index is 0.473. The highest BCUT2D eigenvalue weighted by atomic mass is 15.4. The van der Waals surface area contributed by atoms with E-state index in [0.29, 0.717) is 11.6 Å². The van der Waals surface area contributed by atoms with E-state index in [1.807, 2.05) is 41.1 Å².